The smallest absolute Gasteiger partial charge is 0.166 e. The Morgan fingerprint density at radius 3 is 1.93 bits per heavy atom. The molecule has 90 valence electrons. The second-order valence-corrected chi connectivity index (χ2v) is 6.78. The molecule has 0 saturated carbocycles. The average molecular weight is 230 g/mol. The minimum absolute atomic E-state index is 0.0389. The second-order valence-electron chi connectivity index (χ2n) is 6.37. The normalized spacial score (nSPS) is 12.8. The van der Waals surface area contributed by atoms with Gasteiger partial charge in [-0.15, -0.1) is 0 Å². The van der Waals surface area contributed by atoms with Crippen molar-refractivity contribution in [2.45, 2.75) is 66.5 Å². The zero-order chi connectivity index (χ0) is 12.3. The summed E-state index contributed by atoms with van der Waals surface area (Å²) in [6, 6.07) is 0.385. The van der Waals surface area contributed by atoms with Gasteiger partial charge in [0.2, 0.25) is 0 Å². The van der Waals surface area contributed by atoms with E-state index >= 15 is 0 Å². The van der Waals surface area contributed by atoms with E-state index in [0.717, 1.165) is 11.5 Å². The van der Waals surface area contributed by atoms with Gasteiger partial charge in [-0.3, -0.25) is 0 Å². The van der Waals surface area contributed by atoms with Gasteiger partial charge in [0.1, 0.15) is 0 Å². The molecule has 0 rings (SSSR count). The molecule has 0 atom stereocenters. The third-order valence-electron chi connectivity index (χ3n) is 1.84. The van der Waals surface area contributed by atoms with Gasteiger partial charge in [-0.2, -0.15) is 0 Å². The lowest BCUT2D eigenvalue weighted by Crippen LogP contribution is -2.51. The van der Waals surface area contributed by atoms with Crippen LogP contribution in [0.5, 0.6) is 0 Å². The number of rotatable bonds is 3. The predicted molar refractivity (Wildman–Crippen MR) is 72.2 cm³/mol. The van der Waals surface area contributed by atoms with Crippen molar-refractivity contribution in [2.75, 3.05) is 0 Å². The summed E-state index contributed by atoms with van der Waals surface area (Å²) in [5.74, 6) is 0. The molecule has 2 N–H and O–H groups in total. The summed E-state index contributed by atoms with van der Waals surface area (Å²) in [6.45, 7) is 15.3. The molecule has 15 heavy (non-hydrogen) atoms. The van der Waals surface area contributed by atoms with Gasteiger partial charge >= 0.3 is 0 Å². The van der Waals surface area contributed by atoms with Crippen LogP contribution in [0.4, 0.5) is 0 Å². The van der Waals surface area contributed by atoms with Gasteiger partial charge < -0.3 is 10.6 Å². The Labute approximate surface area is 100 Å². The van der Waals surface area contributed by atoms with E-state index in [0.29, 0.717) is 11.5 Å². The summed E-state index contributed by atoms with van der Waals surface area (Å²) >= 11 is 5.25. The summed E-state index contributed by atoms with van der Waals surface area (Å²) in [7, 11) is 0. The standard InChI is InChI=1S/C12H26N2S/c1-9(2)13-10(15)14-12(6,7)8-11(3,4)5/h9H,8H2,1-7H3,(H2,13,14,15). The van der Waals surface area contributed by atoms with E-state index in [2.05, 4.69) is 59.1 Å². The molecule has 2 nitrogen and oxygen atoms in total. The Hall–Kier alpha value is -0.310. The molecule has 0 aliphatic heterocycles. The Bertz CT molecular complexity index is 214. The molecule has 3 heteroatoms. The highest BCUT2D eigenvalue weighted by Crippen LogP contribution is 2.26. The summed E-state index contributed by atoms with van der Waals surface area (Å²) in [5.41, 5.74) is 0.348. The van der Waals surface area contributed by atoms with Crippen LogP contribution in [0.2, 0.25) is 0 Å². The van der Waals surface area contributed by atoms with Crippen LogP contribution >= 0.6 is 12.2 Å². The lowest BCUT2D eigenvalue weighted by atomic mass is 9.82. The number of nitrogens with one attached hydrogen (secondary N) is 2. The minimum Gasteiger partial charge on any atom is -0.361 e. The van der Waals surface area contributed by atoms with Crippen molar-refractivity contribution in [3.05, 3.63) is 0 Å². The summed E-state index contributed by atoms with van der Waals surface area (Å²) in [5, 5.41) is 7.32. The summed E-state index contributed by atoms with van der Waals surface area (Å²) in [6.07, 6.45) is 1.08. The van der Waals surface area contributed by atoms with Crippen LogP contribution < -0.4 is 10.6 Å². The van der Waals surface area contributed by atoms with Crippen molar-refractivity contribution in [2.24, 2.45) is 5.41 Å². The topological polar surface area (TPSA) is 24.1 Å². The van der Waals surface area contributed by atoms with Crippen LogP contribution in [0.15, 0.2) is 0 Å². The van der Waals surface area contributed by atoms with Crippen molar-refractivity contribution >= 4 is 17.3 Å². The van der Waals surface area contributed by atoms with Gasteiger partial charge in [-0.1, -0.05) is 20.8 Å². The predicted octanol–water partition coefficient (Wildman–Crippen LogP) is 3.07. The number of thiocarbonyl (C=S) groups is 1. The SMILES string of the molecule is CC(C)NC(=S)NC(C)(C)CC(C)(C)C. The zero-order valence-electron chi connectivity index (χ0n) is 11.2. The molecule has 0 aromatic carbocycles. The molecule has 0 bridgehead atoms. The van der Waals surface area contributed by atoms with Crippen molar-refractivity contribution < 1.29 is 0 Å². The first kappa shape index (κ1) is 14.7. The highest BCUT2D eigenvalue weighted by molar-refractivity contribution is 7.80. The van der Waals surface area contributed by atoms with Crippen LogP contribution in [-0.4, -0.2) is 16.7 Å². The first-order chi connectivity index (χ1) is 6.52. The molecule has 0 fully saturated rings. The van der Waals surface area contributed by atoms with Gasteiger partial charge in [0.15, 0.2) is 5.11 Å². The van der Waals surface area contributed by atoms with Gasteiger partial charge in [-0.05, 0) is 51.7 Å². The van der Waals surface area contributed by atoms with E-state index in [1.54, 1.807) is 0 Å². The molecule has 0 unspecified atom stereocenters. The fourth-order valence-corrected chi connectivity index (χ4v) is 2.49. The molecule has 0 radical (unpaired) electrons. The molecule has 0 aromatic heterocycles. The van der Waals surface area contributed by atoms with E-state index in [1.165, 1.54) is 0 Å². The van der Waals surface area contributed by atoms with Gasteiger partial charge in [0.25, 0.3) is 0 Å². The molecular formula is C12H26N2S. The third-order valence-corrected chi connectivity index (χ3v) is 2.06. The maximum atomic E-state index is 5.25. The summed E-state index contributed by atoms with van der Waals surface area (Å²) in [4.78, 5) is 0. The monoisotopic (exact) mass is 230 g/mol. The highest BCUT2D eigenvalue weighted by Gasteiger charge is 2.25. The van der Waals surface area contributed by atoms with E-state index in [9.17, 15) is 0 Å². The first-order valence-corrected chi connectivity index (χ1v) is 6.01. The van der Waals surface area contributed by atoms with Crippen LogP contribution in [0, 0.1) is 5.41 Å². The molecule has 0 amide bonds. The Kier molecular flexibility index (Phi) is 5.04. The minimum atomic E-state index is 0.0389. The van der Waals surface area contributed by atoms with Crippen LogP contribution in [0.1, 0.15) is 54.9 Å². The zero-order valence-corrected chi connectivity index (χ0v) is 12.0. The maximum Gasteiger partial charge on any atom is 0.166 e. The summed E-state index contributed by atoms with van der Waals surface area (Å²) < 4.78 is 0. The van der Waals surface area contributed by atoms with Crippen molar-refractivity contribution in [3.63, 3.8) is 0 Å². The maximum absolute atomic E-state index is 5.25. The van der Waals surface area contributed by atoms with Crippen LogP contribution in [0.3, 0.4) is 0 Å². The first-order valence-electron chi connectivity index (χ1n) is 5.60. The van der Waals surface area contributed by atoms with E-state index < -0.39 is 0 Å². The molecule has 0 aliphatic carbocycles. The fourth-order valence-electron chi connectivity index (χ4n) is 1.98. The van der Waals surface area contributed by atoms with Crippen molar-refractivity contribution in [3.8, 4) is 0 Å². The van der Waals surface area contributed by atoms with Crippen molar-refractivity contribution in [1.29, 1.82) is 0 Å². The van der Waals surface area contributed by atoms with Gasteiger partial charge in [-0.25, -0.2) is 0 Å². The van der Waals surface area contributed by atoms with Crippen LogP contribution in [-0.2, 0) is 0 Å². The Balaban J connectivity index is 4.19. The van der Waals surface area contributed by atoms with E-state index in [-0.39, 0.29) is 5.54 Å². The van der Waals surface area contributed by atoms with Gasteiger partial charge in [0.05, 0.1) is 0 Å². The molecule has 0 aromatic rings. The lowest BCUT2D eigenvalue weighted by molar-refractivity contribution is 0.266. The van der Waals surface area contributed by atoms with Crippen LogP contribution in [0.25, 0.3) is 0 Å². The number of hydrogen-bond donors (Lipinski definition) is 2. The Morgan fingerprint density at radius 1 is 1.13 bits per heavy atom. The fraction of sp³-hybridized carbons (Fsp3) is 0.917. The molecule has 0 saturated heterocycles. The number of hydrogen-bond acceptors (Lipinski definition) is 1. The second kappa shape index (κ2) is 5.15. The molecule has 0 aliphatic rings. The Morgan fingerprint density at radius 2 is 1.60 bits per heavy atom. The quantitative estimate of drug-likeness (QED) is 0.729. The van der Waals surface area contributed by atoms with E-state index in [1.807, 2.05) is 0 Å². The molecule has 0 spiro atoms. The van der Waals surface area contributed by atoms with E-state index in [4.69, 9.17) is 12.2 Å². The van der Waals surface area contributed by atoms with Crippen molar-refractivity contribution in [1.82, 2.24) is 10.6 Å². The average Bonchev–Trinajstić information content (AvgIpc) is 1.73. The molecule has 0 heterocycles. The largest absolute Gasteiger partial charge is 0.361 e. The lowest BCUT2D eigenvalue weighted by Gasteiger charge is -2.34. The highest BCUT2D eigenvalue weighted by atomic mass is 32.1. The molecular weight excluding hydrogens is 204 g/mol. The van der Waals surface area contributed by atoms with Gasteiger partial charge in [0, 0.05) is 11.6 Å². The third kappa shape index (κ3) is 8.67.